The molecular weight excluding hydrogens is 142 g/mol. The van der Waals surface area contributed by atoms with Crippen molar-refractivity contribution in [2.24, 2.45) is 0 Å². The van der Waals surface area contributed by atoms with Gasteiger partial charge in [0.25, 0.3) is 0 Å². The number of aromatic hydroxyl groups is 1. The van der Waals surface area contributed by atoms with E-state index < -0.39 is 0 Å². The summed E-state index contributed by atoms with van der Waals surface area (Å²) in [6, 6.07) is 6.26. The van der Waals surface area contributed by atoms with Crippen LogP contribution in [0.25, 0.3) is 0 Å². The maximum atomic E-state index is 9.07. The summed E-state index contributed by atoms with van der Waals surface area (Å²) < 4.78 is 0. The van der Waals surface area contributed by atoms with E-state index in [1.165, 1.54) is 12.1 Å². The molecule has 55 valence electrons. The fraction of sp³-hybridized carbons (Fsp3) is 0. The van der Waals surface area contributed by atoms with Crippen molar-refractivity contribution in [3.8, 4) is 11.8 Å². The largest absolute Gasteiger partial charge is 0.507 e. The van der Waals surface area contributed by atoms with E-state index in [1.807, 2.05) is 0 Å². The molecule has 0 amide bonds. The summed E-state index contributed by atoms with van der Waals surface area (Å²) in [7, 11) is 0. The summed E-state index contributed by atoms with van der Waals surface area (Å²) in [6.07, 6.45) is 0. The van der Waals surface area contributed by atoms with Gasteiger partial charge in [-0.2, -0.15) is 5.26 Å². The summed E-state index contributed by atoms with van der Waals surface area (Å²) >= 11 is 0. The minimum absolute atomic E-state index is 0.0926. The zero-order valence-electron chi connectivity index (χ0n) is 5.65. The van der Waals surface area contributed by atoms with Crippen molar-refractivity contribution in [2.75, 3.05) is 0 Å². The van der Waals surface area contributed by atoms with Crippen molar-refractivity contribution in [1.82, 2.24) is 0 Å². The van der Waals surface area contributed by atoms with E-state index in [2.05, 4.69) is 0 Å². The van der Waals surface area contributed by atoms with Crippen molar-refractivity contribution in [1.29, 1.82) is 5.26 Å². The zero-order valence-corrected chi connectivity index (χ0v) is 5.65. The highest BCUT2D eigenvalue weighted by Crippen LogP contribution is 2.19. The minimum atomic E-state index is -0.115. The van der Waals surface area contributed by atoms with Crippen LogP contribution >= 0.6 is 0 Å². The van der Waals surface area contributed by atoms with Crippen LogP contribution in [0.3, 0.4) is 0 Å². The van der Waals surface area contributed by atoms with E-state index in [4.69, 9.17) is 15.5 Å². The van der Waals surface area contributed by atoms with Crippen LogP contribution in [-0.4, -0.2) is 10.2 Å². The molecule has 1 rings (SSSR count). The maximum Gasteiger partial charge on any atom is 0.133 e. The second-order valence-corrected chi connectivity index (χ2v) is 1.98. The summed E-state index contributed by atoms with van der Waals surface area (Å²) in [4.78, 5) is 0. The van der Waals surface area contributed by atoms with Gasteiger partial charge in [-0.3, -0.25) is 0 Å². The Morgan fingerprint density at radius 3 is 2.64 bits per heavy atom. The van der Waals surface area contributed by atoms with Crippen molar-refractivity contribution >= 4 is 0 Å². The number of nitrogens with zero attached hydrogens (tertiary/aromatic N) is 1. The Labute approximate surface area is 64.1 Å². The second-order valence-electron chi connectivity index (χ2n) is 1.98. The summed E-state index contributed by atoms with van der Waals surface area (Å²) in [6.45, 7) is 0.790. The SMILES string of the molecule is N#Cc1c(O)cccc1[CH]O. The minimum Gasteiger partial charge on any atom is -0.507 e. The van der Waals surface area contributed by atoms with Gasteiger partial charge in [0, 0.05) is 5.56 Å². The van der Waals surface area contributed by atoms with Gasteiger partial charge in [0.15, 0.2) is 0 Å². The molecule has 0 atom stereocenters. The predicted octanol–water partition coefficient (Wildman–Crippen LogP) is 1.15. The highest BCUT2D eigenvalue weighted by atomic mass is 16.3. The fourth-order valence-corrected chi connectivity index (χ4v) is 0.787. The van der Waals surface area contributed by atoms with Gasteiger partial charge >= 0.3 is 0 Å². The molecule has 0 saturated heterocycles. The maximum absolute atomic E-state index is 9.07. The predicted molar refractivity (Wildman–Crippen MR) is 38.2 cm³/mol. The molecule has 0 heterocycles. The van der Waals surface area contributed by atoms with Crippen molar-refractivity contribution in [3.05, 3.63) is 35.9 Å². The van der Waals surface area contributed by atoms with Gasteiger partial charge in [-0.15, -0.1) is 0 Å². The zero-order chi connectivity index (χ0) is 8.27. The molecule has 1 radical (unpaired) electrons. The first-order valence-corrected chi connectivity index (χ1v) is 2.99. The van der Waals surface area contributed by atoms with E-state index in [-0.39, 0.29) is 11.3 Å². The topological polar surface area (TPSA) is 64.2 Å². The average Bonchev–Trinajstić information content (AvgIpc) is 2.04. The number of hydrogen-bond donors (Lipinski definition) is 2. The molecule has 0 aromatic heterocycles. The molecule has 2 N–H and O–H groups in total. The van der Waals surface area contributed by atoms with Gasteiger partial charge < -0.3 is 10.2 Å². The molecule has 1 aromatic carbocycles. The van der Waals surface area contributed by atoms with Crippen LogP contribution in [0.1, 0.15) is 11.1 Å². The third kappa shape index (κ3) is 1.31. The Balaban J connectivity index is 3.27. The molecule has 0 unspecified atom stereocenters. The lowest BCUT2D eigenvalue weighted by Gasteiger charge is -1.99. The van der Waals surface area contributed by atoms with E-state index in [9.17, 15) is 0 Å². The van der Waals surface area contributed by atoms with Crippen LogP contribution < -0.4 is 0 Å². The van der Waals surface area contributed by atoms with Gasteiger partial charge in [0.1, 0.15) is 18.4 Å². The molecular formula is C8H6NO2. The Morgan fingerprint density at radius 2 is 2.18 bits per heavy atom. The lowest BCUT2D eigenvalue weighted by molar-refractivity contribution is 0.412. The number of aliphatic hydroxyl groups excluding tert-OH is 1. The van der Waals surface area contributed by atoms with E-state index >= 15 is 0 Å². The molecule has 3 heteroatoms. The number of hydrogen-bond acceptors (Lipinski definition) is 3. The Morgan fingerprint density at radius 1 is 1.45 bits per heavy atom. The third-order valence-electron chi connectivity index (χ3n) is 1.33. The summed E-state index contributed by atoms with van der Waals surface area (Å²) in [5, 5.41) is 26.1. The number of nitriles is 1. The van der Waals surface area contributed by atoms with Crippen molar-refractivity contribution in [2.45, 2.75) is 0 Å². The van der Waals surface area contributed by atoms with Crippen LogP contribution in [0.4, 0.5) is 0 Å². The van der Waals surface area contributed by atoms with Crippen LogP contribution in [0.15, 0.2) is 18.2 Å². The highest BCUT2D eigenvalue weighted by Gasteiger charge is 2.04. The van der Waals surface area contributed by atoms with Crippen LogP contribution in [0.5, 0.6) is 5.75 Å². The van der Waals surface area contributed by atoms with Crippen LogP contribution in [0.2, 0.25) is 0 Å². The first kappa shape index (κ1) is 7.58. The first-order valence-electron chi connectivity index (χ1n) is 2.99. The Bertz CT molecular complexity index is 301. The standard InChI is InChI=1S/C8H6NO2/c9-4-7-6(5-10)2-1-3-8(7)11/h1-3,5,10-11H. The fourth-order valence-electron chi connectivity index (χ4n) is 0.787. The van der Waals surface area contributed by atoms with E-state index in [0.717, 1.165) is 6.61 Å². The highest BCUT2D eigenvalue weighted by molar-refractivity contribution is 5.49. The first-order chi connectivity index (χ1) is 5.29. The molecule has 0 aliphatic heterocycles. The molecule has 0 saturated carbocycles. The summed E-state index contributed by atoms with van der Waals surface area (Å²) in [5.74, 6) is -0.115. The van der Waals surface area contributed by atoms with Gasteiger partial charge in [-0.25, -0.2) is 0 Å². The van der Waals surface area contributed by atoms with Gasteiger partial charge in [-0.1, -0.05) is 12.1 Å². The average molecular weight is 148 g/mol. The van der Waals surface area contributed by atoms with Crippen molar-refractivity contribution in [3.63, 3.8) is 0 Å². The van der Waals surface area contributed by atoms with E-state index in [1.54, 1.807) is 12.1 Å². The number of aliphatic hydroxyl groups is 1. The number of phenols is 1. The lowest BCUT2D eigenvalue weighted by Crippen LogP contribution is -1.86. The normalized spacial score (nSPS) is 9.09. The van der Waals surface area contributed by atoms with Gasteiger partial charge in [-0.05, 0) is 6.07 Å². The molecule has 0 aliphatic rings. The smallest absolute Gasteiger partial charge is 0.133 e. The Hall–Kier alpha value is -1.53. The van der Waals surface area contributed by atoms with E-state index in [0.29, 0.717) is 5.56 Å². The molecule has 0 fully saturated rings. The van der Waals surface area contributed by atoms with Crippen molar-refractivity contribution < 1.29 is 10.2 Å². The second kappa shape index (κ2) is 3.04. The molecule has 0 bridgehead atoms. The quantitative estimate of drug-likeness (QED) is 0.627. The molecule has 3 nitrogen and oxygen atoms in total. The molecule has 1 aromatic rings. The Kier molecular flexibility index (Phi) is 2.09. The number of phenolic OH excluding ortho intramolecular Hbond substituents is 1. The molecule has 0 aliphatic carbocycles. The van der Waals surface area contributed by atoms with Crippen LogP contribution in [-0.2, 0) is 0 Å². The van der Waals surface area contributed by atoms with Gasteiger partial charge in [0.2, 0.25) is 0 Å². The summed E-state index contributed by atoms with van der Waals surface area (Å²) in [5.41, 5.74) is 0.419. The number of benzene rings is 1. The third-order valence-corrected chi connectivity index (χ3v) is 1.33. The monoisotopic (exact) mass is 148 g/mol. The van der Waals surface area contributed by atoms with Crippen LogP contribution in [0, 0.1) is 17.9 Å². The molecule has 11 heavy (non-hydrogen) atoms. The van der Waals surface area contributed by atoms with Gasteiger partial charge in [0.05, 0.1) is 5.56 Å². The lowest BCUT2D eigenvalue weighted by atomic mass is 10.1. The number of rotatable bonds is 1. The molecule has 0 spiro atoms.